The maximum atomic E-state index is 13.4. The van der Waals surface area contributed by atoms with Crippen LogP contribution in [0.25, 0.3) is 11.2 Å². The number of amidine groups is 1. The lowest BCUT2D eigenvalue weighted by Crippen LogP contribution is -2.31. The largest absolute Gasteiger partial charge is 0.354 e. The SMILES string of the molecule is CCN(CCNc1nc2nccc(C(=N)N(O)c3ccc(F)c(Cl)c3)c2[nH]1)C1CC1. The summed E-state index contributed by atoms with van der Waals surface area (Å²) in [7, 11) is 0. The minimum Gasteiger partial charge on any atom is -0.354 e. The van der Waals surface area contributed by atoms with Crippen molar-refractivity contribution in [2.45, 2.75) is 25.8 Å². The molecule has 1 aliphatic carbocycles. The number of halogens is 2. The minimum absolute atomic E-state index is 0.139. The third-order valence-corrected chi connectivity index (χ3v) is 5.46. The van der Waals surface area contributed by atoms with E-state index in [1.165, 1.54) is 31.2 Å². The van der Waals surface area contributed by atoms with E-state index in [2.05, 4.69) is 32.1 Å². The quantitative estimate of drug-likeness (QED) is 0.245. The fourth-order valence-corrected chi connectivity index (χ4v) is 3.58. The molecule has 158 valence electrons. The summed E-state index contributed by atoms with van der Waals surface area (Å²) >= 11 is 5.79. The molecule has 4 N–H and O–H groups in total. The van der Waals surface area contributed by atoms with Crippen LogP contribution in [0.5, 0.6) is 0 Å². The second kappa shape index (κ2) is 8.55. The summed E-state index contributed by atoms with van der Waals surface area (Å²) in [5.74, 6) is -0.260. The Morgan fingerprint density at radius 1 is 1.40 bits per heavy atom. The number of likely N-dealkylation sites (N-methyl/N-ethyl adjacent to an activating group) is 1. The summed E-state index contributed by atoms with van der Waals surface area (Å²) in [5, 5.41) is 22.6. The highest BCUT2D eigenvalue weighted by molar-refractivity contribution is 6.31. The number of nitrogens with zero attached hydrogens (tertiary/aromatic N) is 4. The van der Waals surface area contributed by atoms with Gasteiger partial charge in [0, 0.05) is 30.9 Å². The predicted molar refractivity (Wildman–Crippen MR) is 115 cm³/mol. The van der Waals surface area contributed by atoms with Gasteiger partial charge in [0.2, 0.25) is 5.95 Å². The zero-order valence-electron chi connectivity index (χ0n) is 16.5. The number of aromatic nitrogens is 3. The molecule has 0 aliphatic heterocycles. The van der Waals surface area contributed by atoms with Gasteiger partial charge in [-0.15, -0.1) is 0 Å². The van der Waals surface area contributed by atoms with E-state index in [1.807, 2.05) is 0 Å². The van der Waals surface area contributed by atoms with Gasteiger partial charge in [-0.3, -0.25) is 15.5 Å². The topological polar surface area (TPSA) is 104 Å². The number of rotatable bonds is 8. The molecule has 1 aromatic carbocycles. The third-order valence-electron chi connectivity index (χ3n) is 5.17. The number of nitrogens with one attached hydrogen (secondary N) is 3. The van der Waals surface area contributed by atoms with Gasteiger partial charge in [-0.25, -0.2) is 14.4 Å². The van der Waals surface area contributed by atoms with Gasteiger partial charge in [0.1, 0.15) is 5.82 Å². The molecular formula is C20H23ClFN7O. The summed E-state index contributed by atoms with van der Waals surface area (Å²) < 4.78 is 13.4. The summed E-state index contributed by atoms with van der Waals surface area (Å²) in [6.45, 7) is 4.84. The Hall–Kier alpha value is -2.75. The second-order valence-corrected chi connectivity index (χ2v) is 7.60. The van der Waals surface area contributed by atoms with Crippen LogP contribution in [0.1, 0.15) is 25.3 Å². The van der Waals surface area contributed by atoms with E-state index >= 15 is 0 Å². The van der Waals surface area contributed by atoms with Crippen LogP contribution in [-0.4, -0.2) is 56.6 Å². The Labute approximate surface area is 178 Å². The van der Waals surface area contributed by atoms with E-state index in [0.717, 1.165) is 25.7 Å². The van der Waals surface area contributed by atoms with Crippen molar-refractivity contribution in [2.75, 3.05) is 30.0 Å². The first-order valence-corrected chi connectivity index (χ1v) is 10.2. The van der Waals surface area contributed by atoms with Crippen molar-refractivity contribution in [3.8, 4) is 0 Å². The fraction of sp³-hybridized carbons (Fsp3) is 0.350. The van der Waals surface area contributed by atoms with Crippen molar-refractivity contribution < 1.29 is 9.60 Å². The normalized spacial score (nSPS) is 13.8. The van der Waals surface area contributed by atoms with Gasteiger partial charge in [0.15, 0.2) is 11.5 Å². The number of fused-ring (bicyclic) bond motifs is 1. The average Bonchev–Trinajstić information content (AvgIpc) is 3.50. The van der Waals surface area contributed by atoms with Gasteiger partial charge in [0.25, 0.3) is 0 Å². The zero-order chi connectivity index (χ0) is 21.3. The summed E-state index contributed by atoms with van der Waals surface area (Å²) in [6.07, 6.45) is 4.06. The first-order chi connectivity index (χ1) is 14.5. The number of pyridine rings is 1. The molecule has 0 amide bonds. The lowest BCUT2D eigenvalue weighted by Gasteiger charge is -2.19. The maximum Gasteiger partial charge on any atom is 0.202 e. The molecule has 2 heterocycles. The number of anilines is 2. The fourth-order valence-electron chi connectivity index (χ4n) is 3.41. The Morgan fingerprint density at radius 2 is 2.20 bits per heavy atom. The Morgan fingerprint density at radius 3 is 2.90 bits per heavy atom. The van der Waals surface area contributed by atoms with Crippen LogP contribution in [0, 0.1) is 11.2 Å². The molecule has 1 saturated carbocycles. The van der Waals surface area contributed by atoms with E-state index in [9.17, 15) is 9.60 Å². The van der Waals surface area contributed by atoms with Gasteiger partial charge in [-0.1, -0.05) is 18.5 Å². The van der Waals surface area contributed by atoms with Crippen LogP contribution in [0.2, 0.25) is 5.02 Å². The van der Waals surface area contributed by atoms with E-state index in [1.54, 1.807) is 6.07 Å². The number of hydroxylamine groups is 1. The summed E-state index contributed by atoms with van der Waals surface area (Å²) in [5.41, 5.74) is 1.53. The number of H-pyrrole nitrogens is 1. The molecule has 3 aromatic rings. The number of hydrogen-bond acceptors (Lipinski definition) is 6. The van der Waals surface area contributed by atoms with Crippen LogP contribution in [0.3, 0.4) is 0 Å². The molecule has 1 aliphatic rings. The highest BCUT2D eigenvalue weighted by Crippen LogP contribution is 2.26. The smallest absolute Gasteiger partial charge is 0.202 e. The highest BCUT2D eigenvalue weighted by Gasteiger charge is 2.27. The molecule has 0 radical (unpaired) electrons. The van der Waals surface area contributed by atoms with Gasteiger partial charge in [-0.05, 0) is 43.7 Å². The third kappa shape index (κ3) is 4.23. The van der Waals surface area contributed by atoms with Crippen molar-refractivity contribution in [1.29, 1.82) is 5.41 Å². The standard InChI is InChI=1S/C20H23ClFN7O/c1-2-28(12-3-4-12)10-9-25-20-26-17-14(7-8-24-19(17)27-20)18(23)29(30)13-5-6-16(22)15(21)11-13/h5-8,11-12,23,30H,2-4,9-10H2,1H3,(H2,24,25,26,27). The van der Waals surface area contributed by atoms with Crippen LogP contribution in [-0.2, 0) is 0 Å². The molecule has 0 spiro atoms. The van der Waals surface area contributed by atoms with Crippen LogP contribution in [0.4, 0.5) is 16.0 Å². The summed E-state index contributed by atoms with van der Waals surface area (Å²) in [4.78, 5) is 14.3. The maximum absolute atomic E-state index is 13.4. The van der Waals surface area contributed by atoms with Gasteiger partial charge >= 0.3 is 0 Å². The minimum atomic E-state index is -0.598. The van der Waals surface area contributed by atoms with E-state index in [0.29, 0.717) is 33.8 Å². The Bertz CT molecular complexity index is 1070. The lowest BCUT2D eigenvalue weighted by atomic mass is 10.2. The van der Waals surface area contributed by atoms with Gasteiger partial charge in [0.05, 0.1) is 16.2 Å². The van der Waals surface area contributed by atoms with E-state index in [-0.39, 0.29) is 16.5 Å². The Kier molecular flexibility index (Phi) is 5.85. The van der Waals surface area contributed by atoms with Crippen LogP contribution >= 0.6 is 11.6 Å². The van der Waals surface area contributed by atoms with Crippen LogP contribution in [0.15, 0.2) is 30.5 Å². The molecule has 0 bridgehead atoms. The lowest BCUT2D eigenvalue weighted by molar-refractivity contribution is 0.289. The van der Waals surface area contributed by atoms with Gasteiger partial charge < -0.3 is 10.3 Å². The second-order valence-electron chi connectivity index (χ2n) is 7.19. The molecule has 4 rings (SSSR count). The first-order valence-electron chi connectivity index (χ1n) is 9.83. The van der Waals surface area contributed by atoms with Gasteiger partial charge in [-0.2, -0.15) is 4.98 Å². The molecule has 2 aromatic heterocycles. The summed E-state index contributed by atoms with van der Waals surface area (Å²) in [6, 6.07) is 6.04. The highest BCUT2D eigenvalue weighted by atomic mass is 35.5. The number of hydrogen-bond donors (Lipinski definition) is 4. The number of imidazole rings is 1. The molecule has 10 heteroatoms. The molecule has 8 nitrogen and oxygen atoms in total. The molecule has 1 fully saturated rings. The van der Waals surface area contributed by atoms with Crippen molar-refractivity contribution >= 4 is 40.2 Å². The van der Waals surface area contributed by atoms with E-state index in [4.69, 9.17) is 17.0 Å². The number of aromatic amines is 1. The monoisotopic (exact) mass is 431 g/mol. The van der Waals surface area contributed by atoms with Crippen molar-refractivity contribution in [1.82, 2.24) is 19.9 Å². The zero-order valence-corrected chi connectivity index (χ0v) is 17.2. The van der Waals surface area contributed by atoms with Crippen LogP contribution < -0.4 is 10.4 Å². The molecule has 0 atom stereocenters. The molecule has 0 unspecified atom stereocenters. The van der Waals surface area contributed by atoms with Crippen molar-refractivity contribution in [3.05, 3.63) is 46.9 Å². The number of benzene rings is 1. The van der Waals surface area contributed by atoms with E-state index < -0.39 is 5.82 Å². The predicted octanol–water partition coefficient (Wildman–Crippen LogP) is 3.87. The molecular weight excluding hydrogens is 409 g/mol. The first kappa shape index (κ1) is 20.5. The van der Waals surface area contributed by atoms with Crippen molar-refractivity contribution in [2.24, 2.45) is 0 Å². The Balaban J connectivity index is 1.51. The average molecular weight is 432 g/mol. The molecule has 0 saturated heterocycles. The molecule has 30 heavy (non-hydrogen) atoms. The van der Waals surface area contributed by atoms with Crippen molar-refractivity contribution in [3.63, 3.8) is 0 Å².